The van der Waals surface area contributed by atoms with Gasteiger partial charge in [0.05, 0.1) is 17.9 Å². The summed E-state index contributed by atoms with van der Waals surface area (Å²) in [4.78, 5) is 34.1. The summed E-state index contributed by atoms with van der Waals surface area (Å²) in [5.74, 6) is -0.631. The highest BCUT2D eigenvalue weighted by Crippen LogP contribution is 2.41. The minimum Gasteiger partial charge on any atom is -0.507 e. The number of amides is 1. The molecule has 2 aromatic carbocycles. The van der Waals surface area contributed by atoms with E-state index < -0.39 is 17.7 Å². The first kappa shape index (κ1) is 23.7. The number of benzene rings is 2. The minimum atomic E-state index is -0.674. The third kappa shape index (κ3) is 4.34. The first-order valence-corrected chi connectivity index (χ1v) is 12.1. The zero-order valence-electron chi connectivity index (χ0n) is 20.7. The normalized spacial score (nSPS) is 20.5. The molecule has 186 valence electrons. The lowest BCUT2D eigenvalue weighted by Gasteiger charge is -2.26. The van der Waals surface area contributed by atoms with Crippen LogP contribution in [0, 0.1) is 0 Å². The topological polar surface area (TPSA) is 87.9 Å². The Hall–Kier alpha value is -4.07. The Morgan fingerprint density at radius 1 is 1.14 bits per heavy atom. The van der Waals surface area contributed by atoms with E-state index in [1.165, 1.54) is 0 Å². The van der Waals surface area contributed by atoms with Crippen LogP contribution in [-0.2, 0) is 22.6 Å². The molecule has 36 heavy (non-hydrogen) atoms. The molecule has 0 saturated carbocycles. The molecule has 3 aromatic rings. The standard InChI is InChI=1S/C28H30N4O4/c1-18-15-21-16-20(7-10-23(21)36-18)26(33)24-25(19-5-8-22(9-6-19)30(2)3)32(28(35)27(24)34)13-4-12-31-14-11-29-17-31/h5-11,14,16-18,25,33H,4,12-13,15H2,1-3H3/t18-,25+/m0/s1. The number of Topliss-reactive ketones (excluding diaryl/α,β-unsaturated/α-hetero) is 1. The van der Waals surface area contributed by atoms with Gasteiger partial charge in [-0.2, -0.15) is 0 Å². The lowest BCUT2D eigenvalue weighted by Crippen LogP contribution is -2.31. The smallest absolute Gasteiger partial charge is 0.295 e. The molecule has 2 aliphatic heterocycles. The van der Waals surface area contributed by atoms with Crippen LogP contribution < -0.4 is 9.64 Å². The number of imidazole rings is 1. The highest BCUT2D eigenvalue weighted by molar-refractivity contribution is 6.46. The largest absolute Gasteiger partial charge is 0.507 e. The fourth-order valence-electron chi connectivity index (χ4n) is 4.98. The van der Waals surface area contributed by atoms with Crippen LogP contribution in [0.1, 0.15) is 36.1 Å². The van der Waals surface area contributed by atoms with Gasteiger partial charge >= 0.3 is 0 Å². The zero-order chi connectivity index (χ0) is 25.4. The molecule has 1 saturated heterocycles. The van der Waals surface area contributed by atoms with Crippen molar-refractivity contribution in [3.8, 4) is 5.75 Å². The number of aromatic nitrogens is 2. The Morgan fingerprint density at radius 3 is 2.61 bits per heavy atom. The number of ether oxygens (including phenoxy) is 1. The van der Waals surface area contributed by atoms with Gasteiger partial charge in [-0.05, 0) is 54.8 Å². The number of aryl methyl sites for hydroxylation is 1. The third-order valence-corrected chi connectivity index (χ3v) is 6.81. The highest BCUT2D eigenvalue weighted by atomic mass is 16.5. The average molecular weight is 487 g/mol. The van der Waals surface area contributed by atoms with Crippen LogP contribution in [0.25, 0.3) is 5.76 Å². The first-order valence-electron chi connectivity index (χ1n) is 12.1. The van der Waals surface area contributed by atoms with Crippen LogP contribution in [-0.4, -0.2) is 58.0 Å². The van der Waals surface area contributed by atoms with Crippen molar-refractivity contribution in [1.29, 1.82) is 0 Å². The molecule has 8 heteroatoms. The number of carbonyl (C=O) groups is 2. The zero-order valence-corrected chi connectivity index (χ0v) is 20.7. The predicted octanol–water partition coefficient (Wildman–Crippen LogP) is 3.78. The molecular weight excluding hydrogens is 456 g/mol. The number of anilines is 1. The fraction of sp³-hybridized carbons (Fsp3) is 0.321. The van der Waals surface area contributed by atoms with Crippen molar-refractivity contribution < 1.29 is 19.4 Å². The quantitative estimate of drug-likeness (QED) is 0.311. The lowest BCUT2D eigenvalue weighted by molar-refractivity contribution is -0.139. The van der Waals surface area contributed by atoms with E-state index in [-0.39, 0.29) is 17.4 Å². The maximum Gasteiger partial charge on any atom is 0.295 e. The number of rotatable bonds is 7. The van der Waals surface area contributed by atoms with E-state index in [0.29, 0.717) is 25.1 Å². The van der Waals surface area contributed by atoms with Crippen LogP contribution in [0.15, 0.2) is 66.8 Å². The second kappa shape index (κ2) is 9.53. The average Bonchev–Trinajstić information content (AvgIpc) is 3.57. The van der Waals surface area contributed by atoms with Gasteiger partial charge in [0.25, 0.3) is 11.7 Å². The molecule has 0 unspecified atom stereocenters. The molecule has 1 aromatic heterocycles. The van der Waals surface area contributed by atoms with E-state index in [1.54, 1.807) is 23.5 Å². The number of aliphatic hydroxyl groups excluding tert-OH is 1. The van der Waals surface area contributed by atoms with Gasteiger partial charge in [0.15, 0.2) is 0 Å². The van der Waals surface area contributed by atoms with Crippen LogP contribution >= 0.6 is 0 Å². The van der Waals surface area contributed by atoms with Crippen molar-refractivity contribution in [2.75, 3.05) is 25.5 Å². The van der Waals surface area contributed by atoms with Gasteiger partial charge in [-0.25, -0.2) is 4.98 Å². The van der Waals surface area contributed by atoms with E-state index >= 15 is 0 Å². The molecular formula is C28H30N4O4. The number of hydrogen-bond donors (Lipinski definition) is 1. The predicted molar refractivity (Wildman–Crippen MR) is 137 cm³/mol. The minimum absolute atomic E-state index is 0.0636. The molecule has 2 aliphatic rings. The van der Waals surface area contributed by atoms with Crippen molar-refractivity contribution in [3.05, 3.63) is 83.4 Å². The summed E-state index contributed by atoms with van der Waals surface area (Å²) in [6.45, 7) is 3.03. The van der Waals surface area contributed by atoms with Gasteiger partial charge < -0.3 is 24.2 Å². The Balaban J connectivity index is 1.53. The van der Waals surface area contributed by atoms with E-state index in [4.69, 9.17) is 4.74 Å². The summed E-state index contributed by atoms with van der Waals surface area (Å²) in [6.07, 6.45) is 6.74. The maximum absolute atomic E-state index is 13.3. The Labute approximate surface area is 210 Å². The van der Waals surface area contributed by atoms with E-state index in [9.17, 15) is 14.7 Å². The highest BCUT2D eigenvalue weighted by Gasteiger charge is 2.45. The number of ketones is 1. The second-order valence-electron chi connectivity index (χ2n) is 9.59. The first-order chi connectivity index (χ1) is 17.3. The molecule has 5 rings (SSSR count). The second-order valence-corrected chi connectivity index (χ2v) is 9.59. The lowest BCUT2D eigenvalue weighted by atomic mass is 9.94. The summed E-state index contributed by atoms with van der Waals surface area (Å²) in [5, 5.41) is 11.4. The summed E-state index contributed by atoms with van der Waals surface area (Å²) >= 11 is 0. The van der Waals surface area contributed by atoms with Gasteiger partial charge in [-0.3, -0.25) is 9.59 Å². The SMILES string of the molecule is C[C@H]1Cc2cc(C(O)=C3C(=O)C(=O)N(CCCn4ccnc4)[C@@H]3c3ccc(N(C)C)cc3)ccc2O1. The number of fused-ring (bicyclic) bond motifs is 1. The van der Waals surface area contributed by atoms with Crippen LogP contribution in [0.3, 0.4) is 0 Å². The number of aliphatic hydroxyl groups is 1. The van der Waals surface area contributed by atoms with Crippen LogP contribution in [0.2, 0.25) is 0 Å². The van der Waals surface area contributed by atoms with Crippen LogP contribution in [0.4, 0.5) is 5.69 Å². The summed E-state index contributed by atoms with van der Waals surface area (Å²) < 4.78 is 7.72. The summed E-state index contributed by atoms with van der Waals surface area (Å²) in [7, 11) is 3.91. The summed E-state index contributed by atoms with van der Waals surface area (Å²) in [5.41, 5.74) is 3.39. The van der Waals surface area contributed by atoms with Crippen molar-refractivity contribution in [2.45, 2.75) is 38.5 Å². The van der Waals surface area contributed by atoms with Crippen molar-refractivity contribution >= 4 is 23.1 Å². The van der Waals surface area contributed by atoms with E-state index in [0.717, 1.165) is 29.0 Å². The number of likely N-dealkylation sites (tertiary alicyclic amines) is 1. The molecule has 1 amide bonds. The molecule has 0 bridgehead atoms. The Morgan fingerprint density at radius 2 is 1.92 bits per heavy atom. The summed E-state index contributed by atoms with van der Waals surface area (Å²) in [6, 6.07) is 12.5. The van der Waals surface area contributed by atoms with E-state index in [1.807, 2.05) is 73.1 Å². The molecule has 8 nitrogen and oxygen atoms in total. The Kier molecular flexibility index (Phi) is 6.26. The van der Waals surface area contributed by atoms with Gasteiger partial charge in [-0.15, -0.1) is 0 Å². The molecule has 0 spiro atoms. The number of nitrogens with zero attached hydrogens (tertiary/aromatic N) is 4. The van der Waals surface area contributed by atoms with Crippen molar-refractivity contribution in [1.82, 2.24) is 14.5 Å². The van der Waals surface area contributed by atoms with Gasteiger partial charge in [0.1, 0.15) is 17.6 Å². The molecule has 0 aliphatic carbocycles. The van der Waals surface area contributed by atoms with Gasteiger partial charge in [-0.1, -0.05) is 12.1 Å². The Bertz CT molecular complexity index is 1310. The fourth-order valence-corrected chi connectivity index (χ4v) is 4.98. The van der Waals surface area contributed by atoms with Crippen molar-refractivity contribution in [3.63, 3.8) is 0 Å². The molecule has 1 fully saturated rings. The van der Waals surface area contributed by atoms with Gasteiger partial charge in [0, 0.05) is 57.3 Å². The van der Waals surface area contributed by atoms with E-state index in [2.05, 4.69) is 4.98 Å². The maximum atomic E-state index is 13.3. The molecule has 3 heterocycles. The monoisotopic (exact) mass is 486 g/mol. The number of hydrogen-bond acceptors (Lipinski definition) is 6. The number of carbonyl (C=O) groups excluding carboxylic acids is 2. The van der Waals surface area contributed by atoms with Crippen molar-refractivity contribution in [2.24, 2.45) is 0 Å². The van der Waals surface area contributed by atoms with Crippen LogP contribution in [0.5, 0.6) is 5.75 Å². The van der Waals surface area contributed by atoms with Gasteiger partial charge in [0.2, 0.25) is 0 Å². The molecule has 2 atom stereocenters. The third-order valence-electron chi connectivity index (χ3n) is 6.81. The molecule has 0 radical (unpaired) electrons. The molecule has 1 N–H and O–H groups in total.